The van der Waals surface area contributed by atoms with Crippen molar-refractivity contribution < 1.29 is 17.9 Å². The Hall–Kier alpha value is -2.42. The van der Waals surface area contributed by atoms with Gasteiger partial charge < -0.3 is 4.74 Å². The van der Waals surface area contributed by atoms with Gasteiger partial charge in [-0.1, -0.05) is 0 Å². The lowest BCUT2D eigenvalue weighted by Crippen LogP contribution is -2.31. The largest absolute Gasteiger partial charge is 0.478 e. The van der Waals surface area contributed by atoms with Crippen LogP contribution in [0.5, 0.6) is 5.88 Å². The van der Waals surface area contributed by atoms with Gasteiger partial charge in [-0.15, -0.1) is 0 Å². The molecule has 8 nitrogen and oxygen atoms in total. The second-order valence-electron chi connectivity index (χ2n) is 5.03. The molecule has 3 heterocycles. The van der Waals surface area contributed by atoms with E-state index in [9.17, 15) is 13.2 Å². The second-order valence-corrected chi connectivity index (χ2v) is 6.71. The van der Waals surface area contributed by atoms with Crippen molar-refractivity contribution in [2.24, 2.45) is 0 Å². The van der Waals surface area contributed by atoms with Crippen molar-refractivity contribution in [3.05, 3.63) is 35.8 Å². The monoisotopic (exact) mass is 336 g/mol. The van der Waals surface area contributed by atoms with E-state index in [1.54, 1.807) is 11.6 Å². The van der Waals surface area contributed by atoms with E-state index in [1.165, 1.54) is 18.3 Å². The average molecular weight is 336 g/mol. The zero-order valence-electron chi connectivity index (χ0n) is 12.5. The van der Waals surface area contributed by atoms with Crippen LogP contribution in [0.1, 0.15) is 29.4 Å². The molecule has 1 amide bonds. The van der Waals surface area contributed by atoms with Crippen molar-refractivity contribution >= 4 is 15.9 Å². The predicted molar refractivity (Wildman–Crippen MR) is 80.6 cm³/mol. The second kappa shape index (κ2) is 5.99. The molecule has 0 atom stereocenters. The highest BCUT2D eigenvalue weighted by Crippen LogP contribution is 2.19. The Morgan fingerprint density at radius 2 is 2.22 bits per heavy atom. The molecule has 0 bridgehead atoms. The molecular formula is C14H16N4O4S. The smallest absolute Gasteiger partial charge is 0.268 e. The molecular weight excluding hydrogens is 320 g/mol. The van der Waals surface area contributed by atoms with Crippen LogP contribution in [0.4, 0.5) is 0 Å². The molecule has 1 aliphatic rings. The lowest BCUT2D eigenvalue weighted by molar-refractivity contribution is 0.0980. The maximum absolute atomic E-state index is 12.3. The van der Waals surface area contributed by atoms with Crippen LogP contribution in [0.25, 0.3) is 0 Å². The van der Waals surface area contributed by atoms with Crippen molar-refractivity contribution in [2.75, 3.05) is 6.61 Å². The number of amides is 1. The van der Waals surface area contributed by atoms with Crippen LogP contribution in [0.2, 0.25) is 0 Å². The summed E-state index contributed by atoms with van der Waals surface area (Å²) < 4.78 is 33.5. The normalized spacial score (nSPS) is 13.6. The quantitative estimate of drug-likeness (QED) is 0.864. The summed E-state index contributed by atoms with van der Waals surface area (Å²) in [4.78, 5) is 16.0. The van der Waals surface area contributed by atoms with Gasteiger partial charge in [-0.25, -0.2) is 18.1 Å². The van der Waals surface area contributed by atoms with Gasteiger partial charge in [-0.3, -0.25) is 9.48 Å². The van der Waals surface area contributed by atoms with Crippen molar-refractivity contribution in [1.29, 1.82) is 0 Å². The topological polar surface area (TPSA) is 103 Å². The number of ether oxygens (including phenoxy) is 1. The van der Waals surface area contributed by atoms with Crippen LogP contribution in [0, 0.1) is 0 Å². The first kappa shape index (κ1) is 15.5. The molecule has 0 spiro atoms. The van der Waals surface area contributed by atoms with Gasteiger partial charge >= 0.3 is 0 Å². The number of hydrogen-bond acceptors (Lipinski definition) is 6. The predicted octanol–water partition coefficient (Wildman–Crippen LogP) is 0.742. The highest BCUT2D eigenvalue weighted by atomic mass is 32.2. The first-order valence-electron chi connectivity index (χ1n) is 7.22. The molecule has 1 N–H and O–H groups in total. The fourth-order valence-electron chi connectivity index (χ4n) is 2.45. The summed E-state index contributed by atoms with van der Waals surface area (Å²) in [6, 6.07) is 2.79. The Labute approximate surface area is 133 Å². The van der Waals surface area contributed by atoms with Crippen molar-refractivity contribution in [3.63, 3.8) is 0 Å². The molecule has 0 fully saturated rings. The van der Waals surface area contributed by atoms with Gasteiger partial charge in [0.15, 0.2) is 0 Å². The Morgan fingerprint density at radius 1 is 1.39 bits per heavy atom. The lowest BCUT2D eigenvalue weighted by atomic mass is 10.2. The molecule has 122 valence electrons. The van der Waals surface area contributed by atoms with Gasteiger partial charge in [-0.2, -0.15) is 5.10 Å². The fourth-order valence-corrected chi connectivity index (χ4v) is 3.36. The average Bonchev–Trinajstić information content (AvgIpc) is 3.10. The lowest BCUT2D eigenvalue weighted by Gasteiger charge is -2.07. The standard InChI is InChI=1S/C14H16N4O4S/c1-2-22-13-6-5-10(8-15-13)23(20,21)17-14(19)11-9-16-18-7-3-4-12(11)18/h5-6,8-9H,2-4,7H2,1H3,(H,17,19). The summed E-state index contributed by atoms with van der Waals surface area (Å²) in [6.07, 6.45) is 4.17. The van der Waals surface area contributed by atoms with Gasteiger partial charge in [0.1, 0.15) is 4.90 Å². The molecule has 0 aromatic carbocycles. The molecule has 23 heavy (non-hydrogen) atoms. The summed E-state index contributed by atoms with van der Waals surface area (Å²) in [5.74, 6) is -0.353. The molecule has 0 radical (unpaired) electrons. The molecule has 0 unspecified atom stereocenters. The Balaban J connectivity index is 1.78. The third-order valence-corrected chi connectivity index (χ3v) is 4.83. The third-order valence-electron chi connectivity index (χ3n) is 3.52. The van der Waals surface area contributed by atoms with Crippen LogP contribution < -0.4 is 9.46 Å². The van der Waals surface area contributed by atoms with E-state index in [1.807, 2.05) is 0 Å². The number of pyridine rings is 1. The number of nitrogens with zero attached hydrogens (tertiary/aromatic N) is 3. The first-order chi connectivity index (χ1) is 11.0. The third kappa shape index (κ3) is 3.04. The molecule has 3 rings (SSSR count). The summed E-state index contributed by atoms with van der Waals surface area (Å²) in [6.45, 7) is 2.98. The van der Waals surface area contributed by atoms with E-state index in [0.29, 0.717) is 24.5 Å². The number of fused-ring (bicyclic) bond motifs is 1. The molecule has 2 aromatic heterocycles. The van der Waals surface area contributed by atoms with Crippen molar-refractivity contribution in [2.45, 2.75) is 31.2 Å². The first-order valence-corrected chi connectivity index (χ1v) is 8.70. The van der Waals surface area contributed by atoms with E-state index in [2.05, 4.69) is 14.8 Å². The van der Waals surface area contributed by atoms with E-state index in [4.69, 9.17) is 4.74 Å². The van der Waals surface area contributed by atoms with Gasteiger partial charge in [0.05, 0.1) is 30.3 Å². The van der Waals surface area contributed by atoms with E-state index in [-0.39, 0.29) is 4.90 Å². The number of aromatic nitrogens is 3. The number of carbonyl (C=O) groups is 1. The fraction of sp³-hybridized carbons (Fsp3) is 0.357. The number of carbonyl (C=O) groups excluding carboxylic acids is 1. The highest BCUT2D eigenvalue weighted by Gasteiger charge is 2.25. The Morgan fingerprint density at radius 3 is 2.91 bits per heavy atom. The summed E-state index contributed by atoms with van der Waals surface area (Å²) in [5.41, 5.74) is 1.06. The molecule has 0 saturated carbocycles. The maximum atomic E-state index is 12.3. The summed E-state index contributed by atoms with van der Waals surface area (Å²) >= 11 is 0. The van der Waals surface area contributed by atoms with Gasteiger partial charge in [0.25, 0.3) is 15.9 Å². The van der Waals surface area contributed by atoms with E-state index in [0.717, 1.165) is 24.9 Å². The summed E-state index contributed by atoms with van der Waals surface area (Å²) in [7, 11) is -3.99. The number of hydrogen-bond donors (Lipinski definition) is 1. The zero-order valence-corrected chi connectivity index (χ0v) is 13.3. The Kier molecular flexibility index (Phi) is 4.03. The molecule has 1 aliphatic heterocycles. The van der Waals surface area contributed by atoms with Gasteiger partial charge in [-0.05, 0) is 25.8 Å². The zero-order chi connectivity index (χ0) is 16.4. The maximum Gasteiger partial charge on any atom is 0.268 e. The van der Waals surface area contributed by atoms with Crippen LogP contribution in [0.3, 0.4) is 0 Å². The minimum Gasteiger partial charge on any atom is -0.478 e. The van der Waals surface area contributed by atoms with Crippen LogP contribution >= 0.6 is 0 Å². The SMILES string of the molecule is CCOc1ccc(S(=O)(=O)NC(=O)c2cnn3c2CCC3)cn1. The van der Waals surface area contributed by atoms with E-state index >= 15 is 0 Å². The minimum atomic E-state index is -3.99. The number of aryl methyl sites for hydroxylation is 1. The number of rotatable bonds is 5. The van der Waals surface area contributed by atoms with Crippen LogP contribution in [-0.4, -0.2) is 35.7 Å². The van der Waals surface area contributed by atoms with Crippen LogP contribution in [-0.2, 0) is 23.0 Å². The number of nitrogens with one attached hydrogen (secondary N) is 1. The minimum absolute atomic E-state index is 0.0990. The molecule has 0 aliphatic carbocycles. The Bertz CT molecular complexity index is 827. The molecule has 9 heteroatoms. The van der Waals surface area contributed by atoms with Gasteiger partial charge in [0.2, 0.25) is 5.88 Å². The van der Waals surface area contributed by atoms with Crippen molar-refractivity contribution in [1.82, 2.24) is 19.5 Å². The highest BCUT2D eigenvalue weighted by molar-refractivity contribution is 7.90. The number of sulfonamides is 1. The van der Waals surface area contributed by atoms with E-state index < -0.39 is 15.9 Å². The van der Waals surface area contributed by atoms with Gasteiger partial charge in [0, 0.05) is 12.6 Å². The van der Waals surface area contributed by atoms with Crippen molar-refractivity contribution in [3.8, 4) is 5.88 Å². The van der Waals surface area contributed by atoms with Crippen LogP contribution in [0.15, 0.2) is 29.4 Å². The summed E-state index contributed by atoms with van der Waals surface area (Å²) in [5, 5.41) is 4.08. The molecule has 2 aromatic rings. The molecule has 0 saturated heterocycles.